The van der Waals surface area contributed by atoms with Crippen LogP contribution >= 0.6 is 0 Å². The van der Waals surface area contributed by atoms with Gasteiger partial charge in [-0.2, -0.15) is 0 Å². The number of benzene rings is 4. The average molecular weight is 926 g/mol. The quantitative estimate of drug-likeness (QED) is 0.0135. The summed E-state index contributed by atoms with van der Waals surface area (Å²) in [6, 6.07) is 21.9. The summed E-state index contributed by atoms with van der Waals surface area (Å²) in [4.78, 5) is 87.8. The normalized spacial score (nSPS) is 12.6. The van der Waals surface area contributed by atoms with E-state index in [0.717, 1.165) is 34.4 Å². The number of ether oxygens (including phenoxy) is 5. The fraction of sp³-hybridized carbons (Fsp3) is 0.362. The number of primary amides is 1. The number of amides is 6. The highest BCUT2D eigenvalue weighted by Crippen LogP contribution is 2.44. The molecule has 356 valence electrons. The second-order valence-corrected chi connectivity index (χ2v) is 16.7. The van der Waals surface area contributed by atoms with E-state index >= 15 is 0 Å². The Bertz CT molecular complexity index is 2380. The number of nitrogens with one attached hydrogen (secondary N) is 5. The number of urea groups is 1. The van der Waals surface area contributed by atoms with Gasteiger partial charge in [-0.15, -0.1) is 0 Å². The number of nitro benzene ring substituents is 1. The van der Waals surface area contributed by atoms with Gasteiger partial charge in [0, 0.05) is 24.6 Å². The van der Waals surface area contributed by atoms with Crippen LogP contribution in [0.1, 0.15) is 70.1 Å². The van der Waals surface area contributed by atoms with Gasteiger partial charge >= 0.3 is 24.4 Å². The van der Waals surface area contributed by atoms with Crippen molar-refractivity contribution in [3.05, 3.63) is 118 Å². The van der Waals surface area contributed by atoms with Gasteiger partial charge in [-0.05, 0) is 91.6 Å². The van der Waals surface area contributed by atoms with Gasteiger partial charge in [-0.3, -0.25) is 19.7 Å². The Labute approximate surface area is 386 Å². The molecule has 1 aliphatic rings. The fourth-order valence-electron chi connectivity index (χ4n) is 6.98. The van der Waals surface area contributed by atoms with Crippen molar-refractivity contribution >= 4 is 47.6 Å². The van der Waals surface area contributed by atoms with E-state index in [0.29, 0.717) is 5.56 Å². The Balaban J connectivity index is 1.27. The molecule has 0 heterocycles. The van der Waals surface area contributed by atoms with Gasteiger partial charge in [0.1, 0.15) is 49.0 Å². The molecular weight excluding hydrogens is 871 g/mol. The van der Waals surface area contributed by atoms with E-state index in [1.54, 1.807) is 34.6 Å². The molecule has 1 aliphatic carbocycles. The van der Waals surface area contributed by atoms with Crippen molar-refractivity contribution in [3.63, 3.8) is 0 Å². The molecule has 20 heteroatoms. The average Bonchev–Trinajstić information content (AvgIpc) is 3.59. The molecule has 5 rings (SSSR count). The van der Waals surface area contributed by atoms with Gasteiger partial charge < -0.3 is 56.0 Å². The first kappa shape index (κ1) is 50.1. The summed E-state index contributed by atoms with van der Waals surface area (Å²) in [5.74, 6) is -1.94. The number of hydrogen-bond acceptors (Lipinski definition) is 13. The molecule has 0 bridgehead atoms. The molecule has 0 aromatic heterocycles. The van der Waals surface area contributed by atoms with E-state index in [9.17, 15) is 38.9 Å². The van der Waals surface area contributed by atoms with Crippen molar-refractivity contribution in [1.82, 2.24) is 21.3 Å². The molecule has 0 unspecified atom stereocenters. The molecule has 20 nitrogen and oxygen atoms in total. The number of nitrogens with zero attached hydrogens (tertiary/aromatic N) is 1. The summed E-state index contributed by atoms with van der Waals surface area (Å²) in [5, 5.41) is 24.2. The third-order valence-electron chi connectivity index (χ3n) is 10.1. The number of anilines is 1. The zero-order valence-corrected chi connectivity index (χ0v) is 37.8. The van der Waals surface area contributed by atoms with Crippen molar-refractivity contribution in [2.75, 3.05) is 31.6 Å². The van der Waals surface area contributed by atoms with Crippen LogP contribution in [0.15, 0.2) is 91.0 Å². The minimum absolute atomic E-state index is 0.00921. The first-order valence-corrected chi connectivity index (χ1v) is 21.5. The summed E-state index contributed by atoms with van der Waals surface area (Å²) in [5.41, 5.74) is 8.96. The van der Waals surface area contributed by atoms with E-state index in [1.165, 1.54) is 30.3 Å². The van der Waals surface area contributed by atoms with E-state index in [-0.39, 0.29) is 74.5 Å². The van der Waals surface area contributed by atoms with Crippen molar-refractivity contribution < 1.29 is 57.4 Å². The van der Waals surface area contributed by atoms with Crippen LogP contribution in [0.5, 0.6) is 11.5 Å². The number of nitrogens with two attached hydrogens (primary N) is 1. The minimum atomic E-state index is -1.22. The van der Waals surface area contributed by atoms with Crippen molar-refractivity contribution in [2.24, 2.45) is 11.7 Å². The van der Waals surface area contributed by atoms with Crippen LogP contribution in [0.4, 0.5) is 30.6 Å². The Morgan fingerprint density at radius 2 is 1.45 bits per heavy atom. The molecule has 0 fully saturated rings. The topological polar surface area (TPSA) is 278 Å². The summed E-state index contributed by atoms with van der Waals surface area (Å²) < 4.78 is 27.3. The third-order valence-corrected chi connectivity index (χ3v) is 10.1. The van der Waals surface area contributed by atoms with E-state index in [1.807, 2.05) is 48.5 Å². The second-order valence-electron chi connectivity index (χ2n) is 16.7. The van der Waals surface area contributed by atoms with Gasteiger partial charge in [0.05, 0.1) is 17.2 Å². The predicted molar refractivity (Wildman–Crippen MR) is 244 cm³/mol. The number of fused-ring (bicyclic) bond motifs is 3. The maximum Gasteiger partial charge on any atom is 0.514 e. The first-order chi connectivity index (χ1) is 31.9. The second kappa shape index (κ2) is 23.3. The van der Waals surface area contributed by atoms with Crippen LogP contribution in [0, 0.1) is 16.0 Å². The number of carbonyl (C=O) groups is 6. The molecule has 0 radical (unpaired) electrons. The summed E-state index contributed by atoms with van der Waals surface area (Å²) >= 11 is 0. The molecule has 0 spiro atoms. The Morgan fingerprint density at radius 3 is 2.06 bits per heavy atom. The maximum absolute atomic E-state index is 14.1. The van der Waals surface area contributed by atoms with Gasteiger partial charge in [-0.1, -0.05) is 68.4 Å². The van der Waals surface area contributed by atoms with Crippen molar-refractivity contribution in [3.8, 4) is 22.6 Å². The number of alkyl carbamates (subject to hydrolysis) is 2. The molecular formula is C47H55N7O13. The SMILES string of the molecule is CC(C)[C@H](NC(=O)OCC1c2ccccc2-c2ccccc21)C(=O)N[C@@H](CCCNC(N)=O)C(=O)Nc1ccc(COC(=O)Oc2ccc([N+](=O)[O-])cc2)cc1OCCNC(=O)OC(C)(C)C. The number of nitro groups is 1. The van der Waals surface area contributed by atoms with Crippen molar-refractivity contribution in [2.45, 2.75) is 77.7 Å². The molecule has 0 saturated carbocycles. The predicted octanol–water partition coefficient (Wildman–Crippen LogP) is 6.65. The van der Waals surface area contributed by atoms with Crippen molar-refractivity contribution in [1.29, 1.82) is 0 Å². The molecule has 4 aromatic rings. The lowest BCUT2D eigenvalue weighted by molar-refractivity contribution is -0.384. The number of carbonyl (C=O) groups excluding carboxylic acids is 6. The molecule has 6 amide bonds. The van der Waals surface area contributed by atoms with Gasteiger partial charge in [0.25, 0.3) is 5.69 Å². The number of non-ortho nitro benzene ring substituents is 1. The van der Waals surface area contributed by atoms with E-state index < -0.39 is 64.7 Å². The van der Waals surface area contributed by atoms with E-state index in [4.69, 9.17) is 29.4 Å². The molecule has 67 heavy (non-hydrogen) atoms. The number of rotatable bonds is 20. The Hall–Kier alpha value is -7.90. The smallest absolute Gasteiger partial charge is 0.490 e. The van der Waals surface area contributed by atoms with Crippen LogP contribution in [0.25, 0.3) is 11.1 Å². The molecule has 0 aliphatic heterocycles. The fourth-order valence-corrected chi connectivity index (χ4v) is 6.98. The molecule has 4 aromatic carbocycles. The van der Waals surface area contributed by atoms with Crippen LogP contribution < -0.4 is 41.8 Å². The lowest BCUT2D eigenvalue weighted by atomic mass is 9.98. The largest absolute Gasteiger partial charge is 0.514 e. The van der Waals surface area contributed by atoms with Gasteiger partial charge in [0.2, 0.25) is 11.8 Å². The minimum Gasteiger partial charge on any atom is -0.490 e. The van der Waals surface area contributed by atoms with Crippen LogP contribution in [0.2, 0.25) is 0 Å². The van der Waals surface area contributed by atoms with Crippen LogP contribution in [-0.4, -0.2) is 85.1 Å². The summed E-state index contributed by atoms with van der Waals surface area (Å²) in [6.07, 6.45) is -2.39. The third kappa shape index (κ3) is 15.1. The Kier molecular flexibility index (Phi) is 17.5. The highest BCUT2D eigenvalue weighted by atomic mass is 16.7. The van der Waals surface area contributed by atoms with Crippen LogP contribution in [-0.2, 0) is 30.4 Å². The summed E-state index contributed by atoms with van der Waals surface area (Å²) in [7, 11) is 0. The Morgan fingerprint density at radius 1 is 0.791 bits per heavy atom. The lowest BCUT2D eigenvalue weighted by Gasteiger charge is -2.26. The zero-order valence-electron chi connectivity index (χ0n) is 37.8. The van der Waals surface area contributed by atoms with Gasteiger partial charge in [0.15, 0.2) is 0 Å². The van der Waals surface area contributed by atoms with E-state index in [2.05, 4.69) is 26.6 Å². The molecule has 0 saturated heterocycles. The lowest BCUT2D eigenvalue weighted by Crippen LogP contribution is -2.54. The van der Waals surface area contributed by atoms with Crippen LogP contribution in [0.3, 0.4) is 0 Å². The van der Waals surface area contributed by atoms with Gasteiger partial charge in [-0.25, -0.2) is 19.2 Å². The monoisotopic (exact) mass is 925 g/mol. The highest BCUT2D eigenvalue weighted by molar-refractivity contribution is 5.99. The number of hydrogen-bond donors (Lipinski definition) is 6. The standard InChI is InChI=1S/C47H55N7O13/c1-28(2)40(53-45(59)64-27-36-34-13-8-6-11-32(34)33-12-7-9-14-35(33)36)42(56)52-38(15-10-22-49-43(48)57)41(55)51-37-21-16-29(25-39(37)63-24-23-50-44(58)67-47(3,4)5)26-65-46(60)66-31-19-17-30(18-20-31)54(61)62/h6-9,11-14,16-21,25,28,36,38,40H,10,15,22-24,26-27H2,1-5H3,(H,50,58)(H,51,55)(H,52,56)(H,53,59)(H3,48,49,57)/t38-,40-/m0/s1. The zero-order chi connectivity index (χ0) is 48.7. The maximum atomic E-state index is 14.1. The molecule has 2 atom stereocenters. The highest BCUT2D eigenvalue weighted by Gasteiger charge is 2.32. The first-order valence-electron chi connectivity index (χ1n) is 21.5. The molecule has 7 N–H and O–H groups in total. The summed E-state index contributed by atoms with van der Waals surface area (Å²) in [6.45, 7) is 8.23.